The van der Waals surface area contributed by atoms with Crippen molar-refractivity contribution in [1.29, 1.82) is 0 Å². The molecular formula is C14H23N5O2. The maximum Gasteiger partial charge on any atom is 0.222 e. The van der Waals surface area contributed by atoms with Gasteiger partial charge in [0.25, 0.3) is 0 Å². The highest BCUT2D eigenvalue weighted by Crippen LogP contribution is 2.23. The normalized spacial score (nSPS) is 18.6. The van der Waals surface area contributed by atoms with E-state index in [0.717, 1.165) is 37.6 Å². The summed E-state index contributed by atoms with van der Waals surface area (Å²) in [6, 6.07) is 1.91. The standard InChI is InChI=1S/C14H23N5O2/c1-3-16-11-7-13(18-12(17-11)9-21-2)19-6-4-5-10(8-19)14(15)20/h7,10H,3-6,8-9H2,1-2H3,(H2,15,20)(H,16,17,18). The Kier molecular flexibility index (Phi) is 5.32. The Hall–Kier alpha value is -1.89. The molecular weight excluding hydrogens is 270 g/mol. The van der Waals surface area contributed by atoms with E-state index in [4.69, 9.17) is 10.5 Å². The average molecular weight is 293 g/mol. The lowest BCUT2D eigenvalue weighted by molar-refractivity contribution is -0.122. The SMILES string of the molecule is CCNc1cc(N2CCCC(C(N)=O)C2)nc(COC)n1. The molecule has 1 aliphatic rings. The summed E-state index contributed by atoms with van der Waals surface area (Å²) in [5.41, 5.74) is 5.43. The van der Waals surface area contributed by atoms with Gasteiger partial charge in [-0.1, -0.05) is 0 Å². The van der Waals surface area contributed by atoms with Crippen LogP contribution in [0.25, 0.3) is 0 Å². The Morgan fingerprint density at radius 1 is 1.57 bits per heavy atom. The number of hydrogen-bond donors (Lipinski definition) is 2. The zero-order chi connectivity index (χ0) is 15.2. The number of piperidine rings is 1. The highest BCUT2D eigenvalue weighted by atomic mass is 16.5. The van der Waals surface area contributed by atoms with Crippen LogP contribution in [0.1, 0.15) is 25.6 Å². The van der Waals surface area contributed by atoms with Crippen molar-refractivity contribution in [2.75, 3.05) is 37.0 Å². The maximum absolute atomic E-state index is 11.4. The van der Waals surface area contributed by atoms with Crippen LogP contribution < -0.4 is 16.0 Å². The van der Waals surface area contributed by atoms with E-state index >= 15 is 0 Å². The molecule has 0 spiro atoms. The topological polar surface area (TPSA) is 93.4 Å². The molecule has 1 aromatic heterocycles. The summed E-state index contributed by atoms with van der Waals surface area (Å²) in [5.74, 6) is 1.88. The smallest absolute Gasteiger partial charge is 0.222 e. The minimum atomic E-state index is -0.238. The summed E-state index contributed by atoms with van der Waals surface area (Å²) in [5, 5.41) is 3.19. The van der Waals surface area contributed by atoms with Crippen molar-refractivity contribution in [2.24, 2.45) is 11.7 Å². The van der Waals surface area contributed by atoms with E-state index in [-0.39, 0.29) is 11.8 Å². The summed E-state index contributed by atoms with van der Waals surface area (Å²) in [4.78, 5) is 22.4. The number of nitrogens with one attached hydrogen (secondary N) is 1. The predicted molar refractivity (Wildman–Crippen MR) is 81.0 cm³/mol. The van der Waals surface area contributed by atoms with Crippen LogP contribution in [0.2, 0.25) is 0 Å². The number of nitrogens with two attached hydrogens (primary N) is 1. The summed E-state index contributed by atoms with van der Waals surface area (Å²) in [6.07, 6.45) is 1.79. The van der Waals surface area contributed by atoms with E-state index in [9.17, 15) is 4.79 Å². The fraction of sp³-hybridized carbons (Fsp3) is 0.643. The minimum absolute atomic E-state index is 0.109. The van der Waals surface area contributed by atoms with Gasteiger partial charge in [0, 0.05) is 32.8 Å². The molecule has 7 nitrogen and oxygen atoms in total. The molecule has 1 saturated heterocycles. The number of amides is 1. The van der Waals surface area contributed by atoms with E-state index in [0.29, 0.717) is 19.0 Å². The minimum Gasteiger partial charge on any atom is -0.377 e. The second kappa shape index (κ2) is 7.21. The van der Waals surface area contributed by atoms with Crippen LogP contribution in [-0.4, -0.2) is 42.6 Å². The van der Waals surface area contributed by atoms with Crippen molar-refractivity contribution >= 4 is 17.5 Å². The van der Waals surface area contributed by atoms with Gasteiger partial charge in [-0.25, -0.2) is 9.97 Å². The van der Waals surface area contributed by atoms with Gasteiger partial charge < -0.3 is 20.7 Å². The van der Waals surface area contributed by atoms with Crippen molar-refractivity contribution in [1.82, 2.24) is 9.97 Å². The molecule has 2 heterocycles. The molecule has 1 fully saturated rings. The molecule has 1 atom stereocenters. The third-order valence-corrected chi connectivity index (χ3v) is 3.54. The molecule has 1 aliphatic heterocycles. The van der Waals surface area contributed by atoms with Crippen molar-refractivity contribution in [3.05, 3.63) is 11.9 Å². The first kappa shape index (κ1) is 15.5. The monoisotopic (exact) mass is 293 g/mol. The van der Waals surface area contributed by atoms with Gasteiger partial charge >= 0.3 is 0 Å². The van der Waals surface area contributed by atoms with E-state index in [1.807, 2.05) is 13.0 Å². The lowest BCUT2D eigenvalue weighted by Crippen LogP contribution is -2.41. The molecule has 0 bridgehead atoms. The van der Waals surface area contributed by atoms with Crippen molar-refractivity contribution in [3.8, 4) is 0 Å². The first-order valence-corrected chi connectivity index (χ1v) is 7.29. The first-order valence-electron chi connectivity index (χ1n) is 7.29. The molecule has 1 unspecified atom stereocenters. The van der Waals surface area contributed by atoms with Gasteiger partial charge in [-0.2, -0.15) is 0 Å². The fourth-order valence-electron chi connectivity index (χ4n) is 2.53. The van der Waals surface area contributed by atoms with Crippen LogP contribution in [-0.2, 0) is 16.1 Å². The Bertz CT molecular complexity index is 470. The summed E-state index contributed by atoms with van der Waals surface area (Å²) < 4.78 is 5.12. The second-order valence-electron chi connectivity index (χ2n) is 5.18. The number of aromatic nitrogens is 2. The summed E-state index contributed by atoms with van der Waals surface area (Å²) in [7, 11) is 1.62. The fourth-order valence-corrected chi connectivity index (χ4v) is 2.53. The van der Waals surface area contributed by atoms with E-state index in [1.165, 1.54) is 0 Å². The molecule has 0 radical (unpaired) electrons. The highest BCUT2D eigenvalue weighted by molar-refractivity contribution is 5.77. The largest absolute Gasteiger partial charge is 0.377 e. The average Bonchev–Trinajstić information content (AvgIpc) is 2.48. The third-order valence-electron chi connectivity index (χ3n) is 3.54. The van der Waals surface area contributed by atoms with Gasteiger partial charge in [0.05, 0.1) is 5.92 Å². The van der Waals surface area contributed by atoms with Crippen LogP contribution in [0, 0.1) is 5.92 Å². The number of primary amides is 1. The van der Waals surface area contributed by atoms with Crippen LogP contribution in [0.5, 0.6) is 0 Å². The number of methoxy groups -OCH3 is 1. The maximum atomic E-state index is 11.4. The van der Waals surface area contributed by atoms with E-state index in [1.54, 1.807) is 7.11 Å². The molecule has 2 rings (SSSR count). The molecule has 0 saturated carbocycles. The molecule has 21 heavy (non-hydrogen) atoms. The number of ether oxygens (including phenoxy) is 1. The van der Waals surface area contributed by atoms with Crippen molar-refractivity contribution < 1.29 is 9.53 Å². The highest BCUT2D eigenvalue weighted by Gasteiger charge is 2.25. The van der Waals surface area contributed by atoms with Gasteiger partial charge in [0.2, 0.25) is 5.91 Å². The van der Waals surface area contributed by atoms with Crippen molar-refractivity contribution in [3.63, 3.8) is 0 Å². The van der Waals surface area contributed by atoms with Crippen LogP contribution in [0.3, 0.4) is 0 Å². The molecule has 3 N–H and O–H groups in total. The Balaban J connectivity index is 2.22. The summed E-state index contributed by atoms with van der Waals surface area (Å²) in [6.45, 7) is 4.65. The van der Waals surface area contributed by atoms with Gasteiger partial charge in [-0.3, -0.25) is 4.79 Å². The van der Waals surface area contributed by atoms with Gasteiger partial charge in [0.15, 0.2) is 5.82 Å². The zero-order valence-electron chi connectivity index (χ0n) is 12.6. The predicted octanol–water partition coefficient (Wildman–Crippen LogP) is 0.756. The number of hydrogen-bond acceptors (Lipinski definition) is 6. The van der Waals surface area contributed by atoms with Crippen molar-refractivity contribution in [2.45, 2.75) is 26.4 Å². The molecule has 1 aromatic rings. The Morgan fingerprint density at radius 3 is 3.05 bits per heavy atom. The van der Waals surface area contributed by atoms with Crippen LogP contribution in [0.15, 0.2) is 6.07 Å². The first-order chi connectivity index (χ1) is 10.1. The van der Waals surface area contributed by atoms with E-state index < -0.39 is 0 Å². The van der Waals surface area contributed by atoms with Gasteiger partial charge in [0.1, 0.15) is 18.2 Å². The third kappa shape index (κ3) is 4.04. The number of carbonyl (C=O) groups excluding carboxylic acids is 1. The molecule has 0 aliphatic carbocycles. The number of rotatable bonds is 6. The van der Waals surface area contributed by atoms with Crippen LogP contribution in [0.4, 0.5) is 11.6 Å². The molecule has 116 valence electrons. The van der Waals surface area contributed by atoms with Gasteiger partial charge in [-0.15, -0.1) is 0 Å². The zero-order valence-corrected chi connectivity index (χ0v) is 12.6. The number of carbonyl (C=O) groups is 1. The lowest BCUT2D eigenvalue weighted by atomic mass is 9.97. The quantitative estimate of drug-likeness (QED) is 0.804. The molecule has 1 amide bonds. The lowest BCUT2D eigenvalue weighted by Gasteiger charge is -2.32. The Morgan fingerprint density at radius 2 is 2.38 bits per heavy atom. The van der Waals surface area contributed by atoms with Gasteiger partial charge in [-0.05, 0) is 19.8 Å². The second-order valence-corrected chi connectivity index (χ2v) is 5.18. The summed E-state index contributed by atoms with van der Waals surface area (Å²) >= 11 is 0. The van der Waals surface area contributed by atoms with Crippen LogP contribution >= 0.6 is 0 Å². The van der Waals surface area contributed by atoms with E-state index in [2.05, 4.69) is 20.2 Å². The number of nitrogens with zero attached hydrogens (tertiary/aromatic N) is 3. The number of anilines is 2. The molecule has 0 aromatic carbocycles. The molecule has 7 heteroatoms. The Labute approximate surface area is 124 Å².